The monoisotopic (exact) mass is 531 g/mol. The number of aliphatic imine (C=N–C) groups is 1. The smallest absolute Gasteiger partial charge is 0.414 e. The maximum Gasteiger partial charge on any atom is 0.414 e. The molecule has 2 aliphatic rings. The fourth-order valence-electron chi connectivity index (χ4n) is 5.18. The lowest BCUT2D eigenvalue weighted by Gasteiger charge is -2.49. The number of guanidine groups is 1. The Morgan fingerprint density at radius 3 is 2.54 bits per heavy atom. The highest BCUT2D eigenvalue weighted by Gasteiger charge is 2.66. The fourth-order valence-corrected chi connectivity index (χ4v) is 7.37. The zero-order valence-corrected chi connectivity index (χ0v) is 22.6. The van der Waals surface area contributed by atoms with Crippen molar-refractivity contribution in [2.75, 3.05) is 25.9 Å². The summed E-state index contributed by atoms with van der Waals surface area (Å²) in [6.07, 6.45) is -0.655. The predicted octanol–water partition coefficient (Wildman–Crippen LogP) is 3.42. The van der Waals surface area contributed by atoms with Gasteiger partial charge in [-0.2, -0.15) is 0 Å². The van der Waals surface area contributed by atoms with Crippen molar-refractivity contribution in [1.29, 1.82) is 0 Å². The number of carbonyl (C=O) groups is 1. The normalized spacial score (nSPS) is 25.7. The number of sulfonamides is 1. The Kier molecular flexibility index (Phi) is 6.74. The minimum atomic E-state index is -4.17. The lowest BCUT2D eigenvalue weighted by molar-refractivity contribution is 0.0558. The highest BCUT2D eigenvalue weighted by Crippen LogP contribution is 2.52. The van der Waals surface area contributed by atoms with Crippen LogP contribution in [-0.2, 0) is 26.8 Å². The standard InChI is InChI=1S/C26H34FN5O4S/c1-24(2,3)36-23(33)29-22-30-25(4,20-15-19(28)11-12-21(20)27)26(37(34,35)31(22)5)13-14-32(17-26)16-18-9-7-6-8-10-18/h6-12,15H,13-14,16-17,28H2,1-5H3,(H,29,30,33)/t25-,26+/m1/s1. The first-order valence-corrected chi connectivity index (χ1v) is 13.5. The highest BCUT2D eigenvalue weighted by molar-refractivity contribution is 7.91. The van der Waals surface area contributed by atoms with E-state index in [1.54, 1.807) is 27.7 Å². The third-order valence-electron chi connectivity index (χ3n) is 7.06. The van der Waals surface area contributed by atoms with E-state index in [9.17, 15) is 13.2 Å². The van der Waals surface area contributed by atoms with E-state index in [0.717, 1.165) is 9.87 Å². The molecule has 11 heteroatoms. The van der Waals surface area contributed by atoms with E-state index in [2.05, 4.69) is 5.32 Å². The molecule has 2 aromatic carbocycles. The molecule has 4 rings (SSSR count). The molecule has 2 atom stereocenters. The second-order valence-corrected chi connectivity index (χ2v) is 13.1. The summed E-state index contributed by atoms with van der Waals surface area (Å²) < 4.78 is 48.7. The van der Waals surface area contributed by atoms with Crippen molar-refractivity contribution in [3.63, 3.8) is 0 Å². The summed E-state index contributed by atoms with van der Waals surface area (Å²) in [7, 11) is -2.83. The van der Waals surface area contributed by atoms with Gasteiger partial charge in [-0.3, -0.25) is 10.2 Å². The average Bonchev–Trinajstić information content (AvgIpc) is 3.24. The molecule has 0 radical (unpaired) electrons. The average molecular weight is 532 g/mol. The van der Waals surface area contributed by atoms with Crippen LogP contribution in [0, 0.1) is 5.82 Å². The summed E-state index contributed by atoms with van der Waals surface area (Å²) in [5, 5.41) is 2.47. The first kappa shape index (κ1) is 26.9. The zero-order chi connectivity index (χ0) is 27.2. The number of likely N-dealkylation sites (tertiary alicyclic amines) is 1. The van der Waals surface area contributed by atoms with Gasteiger partial charge in [0.2, 0.25) is 16.0 Å². The molecule has 0 unspecified atom stereocenters. The van der Waals surface area contributed by atoms with Gasteiger partial charge < -0.3 is 10.5 Å². The molecule has 2 heterocycles. The molecule has 0 bridgehead atoms. The number of hydrogen-bond acceptors (Lipinski definition) is 7. The summed E-state index contributed by atoms with van der Waals surface area (Å²) in [6.45, 7) is 7.78. The summed E-state index contributed by atoms with van der Waals surface area (Å²) in [6, 6.07) is 13.8. The van der Waals surface area contributed by atoms with E-state index in [4.69, 9.17) is 15.5 Å². The molecule has 0 aromatic heterocycles. The first-order valence-electron chi connectivity index (χ1n) is 12.1. The number of nitrogens with one attached hydrogen (secondary N) is 1. The minimum Gasteiger partial charge on any atom is -0.444 e. The Morgan fingerprint density at radius 1 is 1.22 bits per heavy atom. The lowest BCUT2D eigenvalue weighted by atomic mass is 9.78. The molecular formula is C26H34FN5O4S. The Bertz CT molecular complexity index is 1330. The molecule has 2 aliphatic heterocycles. The van der Waals surface area contributed by atoms with Crippen LogP contribution in [0.1, 0.15) is 45.2 Å². The van der Waals surface area contributed by atoms with Gasteiger partial charge in [-0.15, -0.1) is 0 Å². The molecule has 37 heavy (non-hydrogen) atoms. The largest absolute Gasteiger partial charge is 0.444 e. The van der Waals surface area contributed by atoms with E-state index >= 15 is 4.39 Å². The topological polar surface area (TPSA) is 117 Å². The Labute approximate surface area is 217 Å². The second-order valence-electron chi connectivity index (χ2n) is 10.8. The Morgan fingerprint density at radius 2 is 1.89 bits per heavy atom. The van der Waals surface area contributed by atoms with Gasteiger partial charge >= 0.3 is 6.09 Å². The number of nitrogens with two attached hydrogens (primary N) is 1. The quantitative estimate of drug-likeness (QED) is 0.586. The van der Waals surface area contributed by atoms with Crippen LogP contribution in [0.25, 0.3) is 0 Å². The molecule has 200 valence electrons. The number of hydrogen-bond donors (Lipinski definition) is 2. The SMILES string of the molecule is CN1C(NC(=O)OC(C)(C)C)=N[C@](C)(c2cc(N)ccc2F)[C@@]2(CCN(Cc3ccccc3)C2)S1(=O)=O. The summed E-state index contributed by atoms with van der Waals surface area (Å²) in [5.74, 6) is -0.872. The molecule has 0 saturated carbocycles. The molecule has 0 aliphatic carbocycles. The highest BCUT2D eigenvalue weighted by atomic mass is 32.2. The van der Waals surface area contributed by atoms with E-state index in [0.29, 0.717) is 13.1 Å². The predicted molar refractivity (Wildman–Crippen MR) is 141 cm³/mol. The molecule has 1 spiro atoms. The third-order valence-corrected chi connectivity index (χ3v) is 9.67. The Balaban J connectivity index is 1.84. The molecule has 1 fully saturated rings. The van der Waals surface area contributed by atoms with Gasteiger partial charge in [-0.05, 0) is 57.9 Å². The van der Waals surface area contributed by atoms with Gasteiger partial charge in [0.1, 0.15) is 21.7 Å². The maximum absolute atomic E-state index is 15.4. The van der Waals surface area contributed by atoms with Crippen LogP contribution in [0.3, 0.4) is 0 Å². The number of amides is 1. The van der Waals surface area contributed by atoms with Crippen LogP contribution in [0.2, 0.25) is 0 Å². The number of nitrogens with zero attached hydrogens (tertiary/aromatic N) is 3. The molecule has 2 aromatic rings. The van der Waals surface area contributed by atoms with Crippen molar-refractivity contribution in [3.05, 3.63) is 65.5 Å². The van der Waals surface area contributed by atoms with Crippen molar-refractivity contribution in [3.8, 4) is 0 Å². The summed E-state index contributed by atoms with van der Waals surface area (Å²) in [4.78, 5) is 19.4. The van der Waals surface area contributed by atoms with Crippen LogP contribution in [-0.4, -0.2) is 60.2 Å². The van der Waals surface area contributed by atoms with Crippen LogP contribution in [0.15, 0.2) is 53.5 Å². The van der Waals surface area contributed by atoms with Crippen molar-refractivity contribution >= 4 is 27.8 Å². The van der Waals surface area contributed by atoms with Gasteiger partial charge in [-0.1, -0.05) is 30.3 Å². The third kappa shape index (κ3) is 4.77. The summed E-state index contributed by atoms with van der Waals surface area (Å²) in [5.41, 5.74) is 4.96. The van der Waals surface area contributed by atoms with Crippen LogP contribution in [0.5, 0.6) is 0 Å². The number of ether oxygens (including phenoxy) is 1. The van der Waals surface area contributed by atoms with Gasteiger partial charge in [-0.25, -0.2) is 26.9 Å². The molecule has 9 nitrogen and oxygen atoms in total. The van der Waals surface area contributed by atoms with Gasteiger partial charge in [0.05, 0.1) is 0 Å². The lowest BCUT2D eigenvalue weighted by Crippen LogP contribution is -2.66. The van der Waals surface area contributed by atoms with Crippen molar-refractivity contribution < 1.29 is 22.3 Å². The van der Waals surface area contributed by atoms with Crippen LogP contribution < -0.4 is 11.1 Å². The van der Waals surface area contributed by atoms with E-state index in [1.807, 2.05) is 35.2 Å². The van der Waals surface area contributed by atoms with Gasteiger partial charge in [0.15, 0.2) is 0 Å². The number of alkyl carbamates (subject to hydrolysis) is 1. The number of benzene rings is 2. The molecule has 1 amide bonds. The number of carbonyl (C=O) groups excluding carboxylic acids is 1. The van der Waals surface area contributed by atoms with Crippen molar-refractivity contribution in [2.45, 2.75) is 56.5 Å². The Hall–Kier alpha value is -3.18. The first-order chi connectivity index (χ1) is 17.2. The van der Waals surface area contributed by atoms with Crippen LogP contribution in [0.4, 0.5) is 14.9 Å². The van der Waals surface area contributed by atoms with Crippen LogP contribution >= 0.6 is 0 Å². The molecule has 1 saturated heterocycles. The molecule has 3 N–H and O–H groups in total. The van der Waals surface area contributed by atoms with Crippen molar-refractivity contribution in [1.82, 2.24) is 14.5 Å². The van der Waals surface area contributed by atoms with Gasteiger partial charge in [0, 0.05) is 37.9 Å². The summed E-state index contributed by atoms with van der Waals surface area (Å²) >= 11 is 0. The number of anilines is 1. The zero-order valence-electron chi connectivity index (χ0n) is 21.8. The van der Waals surface area contributed by atoms with Gasteiger partial charge in [0.25, 0.3) is 0 Å². The molecular weight excluding hydrogens is 497 g/mol. The second kappa shape index (κ2) is 9.29. The van der Waals surface area contributed by atoms with E-state index in [-0.39, 0.29) is 30.2 Å². The minimum absolute atomic E-state index is 0.0502. The maximum atomic E-state index is 15.4. The number of nitrogen functional groups attached to an aromatic ring is 1. The number of rotatable bonds is 3. The van der Waals surface area contributed by atoms with Crippen molar-refractivity contribution in [2.24, 2.45) is 4.99 Å². The fraction of sp³-hybridized carbons (Fsp3) is 0.462. The number of halogens is 1. The van der Waals surface area contributed by atoms with E-state index in [1.165, 1.54) is 25.2 Å². The van der Waals surface area contributed by atoms with E-state index < -0.39 is 37.8 Å².